The molecule has 1 heterocycles. The molecular formula is C17H33F3IN5O3S. The molecule has 3 N–H and O–H groups in total. The van der Waals surface area contributed by atoms with Gasteiger partial charge in [0.15, 0.2) is 5.96 Å². The number of hydrogen-bond acceptors (Lipinski definition) is 4. The molecule has 0 bridgehead atoms. The third-order valence-electron chi connectivity index (χ3n) is 4.44. The summed E-state index contributed by atoms with van der Waals surface area (Å²) >= 11 is 0. The molecule has 0 aromatic heterocycles. The van der Waals surface area contributed by atoms with Crippen molar-refractivity contribution in [2.75, 3.05) is 39.3 Å². The molecule has 0 spiro atoms. The van der Waals surface area contributed by atoms with Crippen molar-refractivity contribution in [1.29, 1.82) is 0 Å². The van der Waals surface area contributed by atoms with Gasteiger partial charge in [-0.2, -0.15) is 17.5 Å². The average Bonchev–Trinajstić information content (AvgIpc) is 2.61. The van der Waals surface area contributed by atoms with Crippen molar-refractivity contribution >= 4 is 45.9 Å². The van der Waals surface area contributed by atoms with Crippen LogP contribution >= 0.6 is 24.0 Å². The van der Waals surface area contributed by atoms with Gasteiger partial charge >= 0.3 is 15.5 Å². The van der Waals surface area contributed by atoms with E-state index in [9.17, 15) is 26.4 Å². The number of carbonyl (C=O) groups excluding carboxylic acids is 1. The zero-order valence-corrected chi connectivity index (χ0v) is 21.0. The first kappa shape index (κ1) is 29.2. The standard InChI is InChI=1S/C17H32F3N5O3S.HI/c1-5-21-15(23-9-8-22-14(26)16(2,3)4)24-12-13-6-10-25(11-7-13)29(27,28)17(18,19)20;/h13H,5-12H2,1-4H3,(H,22,26)(H2,21,23,24);1H. The maximum absolute atomic E-state index is 12.6. The smallest absolute Gasteiger partial charge is 0.357 e. The van der Waals surface area contributed by atoms with E-state index in [0.717, 1.165) is 0 Å². The van der Waals surface area contributed by atoms with Crippen LogP contribution in [0.2, 0.25) is 0 Å². The van der Waals surface area contributed by atoms with E-state index < -0.39 is 20.9 Å². The second kappa shape index (κ2) is 12.3. The summed E-state index contributed by atoms with van der Waals surface area (Å²) < 4.78 is 61.3. The van der Waals surface area contributed by atoms with E-state index >= 15 is 0 Å². The Bertz CT molecular complexity index is 673. The van der Waals surface area contributed by atoms with E-state index in [1.54, 1.807) is 0 Å². The Balaban J connectivity index is 0.00000841. The van der Waals surface area contributed by atoms with Crippen LogP contribution in [-0.4, -0.2) is 69.4 Å². The van der Waals surface area contributed by atoms with Crippen LogP contribution in [0.4, 0.5) is 13.2 Å². The van der Waals surface area contributed by atoms with Crippen molar-refractivity contribution in [3.63, 3.8) is 0 Å². The summed E-state index contributed by atoms with van der Waals surface area (Å²) in [6.45, 7) is 8.95. The molecule has 13 heteroatoms. The van der Waals surface area contributed by atoms with Gasteiger partial charge in [0, 0.05) is 44.7 Å². The summed E-state index contributed by atoms with van der Waals surface area (Å²) in [7, 11) is -5.26. The predicted molar refractivity (Wildman–Crippen MR) is 121 cm³/mol. The Hall–Kier alpha value is -0.830. The molecule has 1 amide bonds. The number of amides is 1. The van der Waals surface area contributed by atoms with E-state index in [-0.39, 0.29) is 48.9 Å². The Morgan fingerprint density at radius 1 is 1.07 bits per heavy atom. The molecule has 1 aliphatic heterocycles. The quantitative estimate of drug-likeness (QED) is 0.188. The highest BCUT2D eigenvalue weighted by atomic mass is 127. The number of nitrogens with one attached hydrogen (secondary N) is 3. The minimum atomic E-state index is -5.26. The maximum atomic E-state index is 12.6. The Kier molecular flexibility index (Phi) is 11.9. The summed E-state index contributed by atoms with van der Waals surface area (Å²) in [4.78, 5) is 16.3. The third-order valence-corrected chi connectivity index (χ3v) is 6.07. The van der Waals surface area contributed by atoms with Gasteiger partial charge in [-0.05, 0) is 25.7 Å². The minimum Gasteiger partial charge on any atom is -0.357 e. The van der Waals surface area contributed by atoms with Gasteiger partial charge in [-0.3, -0.25) is 9.79 Å². The molecule has 0 aromatic rings. The van der Waals surface area contributed by atoms with E-state index in [4.69, 9.17) is 0 Å². The summed E-state index contributed by atoms with van der Waals surface area (Å²) in [5.74, 6) is 0.496. The molecule has 1 saturated heterocycles. The summed E-state index contributed by atoms with van der Waals surface area (Å²) in [5, 5.41) is 8.97. The van der Waals surface area contributed by atoms with Gasteiger partial charge < -0.3 is 16.0 Å². The fraction of sp³-hybridized carbons (Fsp3) is 0.882. The van der Waals surface area contributed by atoms with Crippen LogP contribution < -0.4 is 16.0 Å². The lowest BCUT2D eigenvalue weighted by molar-refractivity contribution is -0.128. The highest BCUT2D eigenvalue weighted by Crippen LogP contribution is 2.30. The van der Waals surface area contributed by atoms with Gasteiger partial charge in [-0.15, -0.1) is 24.0 Å². The van der Waals surface area contributed by atoms with E-state index in [2.05, 4.69) is 20.9 Å². The molecule has 1 rings (SSSR count). The fourth-order valence-electron chi connectivity index (χ4n) is 2.66. The first-order valence-electron chi connectivity index (χ1n) is 9.66. The van der Waals surface area contributed by atoms with E-state index in [1.165, 1.54) is 0 Å². The number of carbonyl (C=O) groups is 1. The lowest BCUT2D eigenvalue weighted by Crippen LogP contribution is -2.45. The molecule has 1 aliphatic rings. The first-order valence-corrected chi connectivity index (χ1v) is 11.1. The average molecular weight is 571 g/mol. The number of hydrogen-bond donors (Lipinski definition) is 3. The van der Waals surface area contributed by atoms with Gasteiger partial charge in [0.25, 0.3) is 0 Å². The fourth-order valence-corrected chi connectivity index (χ4v) is 3.65. The van der Waals surface area contributed by atoms with Crippen molar-refractivity contribution in [1.82, 2.24) is 20.3 Å². The zero-order valence-electron chi connectivity index (χ0n) is 17.8. The molecule has 8 nitrogen and oxygen atoms in total. The van der Waals surface area contributed by atoms with Crippen molar-refractivity contribution in [2.24, 2.45) is 16.3 Å². The molecule has 0 unspecified atom stereocenters. The van der Waals surface area contributed by atoms with E-state index in [1.807, 2.05) is 27.7 Å². The van der Waals surface area contributed by atoms with Gasteiger partial charge in [-0.25, -0.2) is 8.42 Å². The number of piperidine rings is 1. The van der Waals surface area contributed by atoms with Crippen LogP contribution in [-0.2, 0) is 14.8 Å². The zero-order chi connectivity index (χ0) is 22.3. The Labute approximate surface area is 193 Å². The molecule has 30 heavy (non-hydrogen) atoms. The molecule has 0 atom stereocenters. The molecule has 1 fully saturated rings. The predicted octanol–water partition coefficient (Wildman–Crippen LogP) is 1.88. The number of sulfonamides is 1. The number of rotatable bonds is 7. The number of guanidine groups is 1. The van der Waals surface area contributed by atoms with Crippen molar-refractivity contribution in [3.8, 4) is 0 Å². The van der Waals surface area contributed by atoms with Gasteiger partial charge in [0.2, 0.25) is 5.91 Å². The minimum absolute atomic E-state index is 0. The van der Waals surface area contributed by atoms with Crippen LogP contribution in [0.3, 0.4) is 0 Å². The molecule has 0 radical (unpaired) electrons. The number of halogens is 4. The summed E-state index contributed by atoms with van der Waals surface area (Å²) in [5.41, 5.74) is -5.73. The lowest BCUT2D eigenvalue weighted by atomic mass is 9.96. The normalized spacial score (nSPS) is 17.2. The molecule has 178 valence electrons. The first-order chi connectivity index (χ1) is 13.3. The van der Waals surface area contributed by atoms with Crippen LogP contribution in [0.1, 0.15) is 40.5 Å². The van der Waals surface area contributed by atoms with E-state index in [0.29, 0.717) is 49.3 Å². The highest BCUT2D eigenvalue weighted by molar-refractivity contribution is 14.0. The summed E-state index contributed by atoms with van der Waals surface area (Å²) in [6.07, 6.45) is 0.639. The van der Waals surface area contributed by atoms with Gasteiger partial charge in [0.05, 0.1) is 0 Å². The second-order valence-electron chi connectivity index (χ2n) is 7.95. The lowest BCUT2D eigenvalue weighted by Gasteiger charge is -2.30. The number of alkyl halides is 3. The Morgan fingerprint density at radius 2 is 1.60 bits per heavy atom. The summed E-state index contributed by atoms with van der Waals surface area (Å²) in [6, 6.07) is 0. The number of nitrogens with zero attached hydrogens (tertiary/aromatic N) is 2. The van der Waals surface area contributed by atoms with Crippen molar-refractivity contribution < 1.29 is 26.4 Å². The molecular weight excluding hydrogens is 538 g/mol. The maximum Gasteiger partial charge on any atom is 0.511 e. The topological polar surface area (TPSA) is 103 Å². The van der Waals surface area contributed by atoms with Gasteiger partial charge in [0.1, 0.15) is 0 Å². The van der Waals surface area contributed by atoms with Crippen LogP contribution in [0, 0.1) is 11.3 Å². The molecule has 0 saturated carbocycles. The highest BCUT2D eigenvalue weighted by Gasteiger charge is 2.50. The van der Waals surface area contributed by atoms with Gasteiger partial charge in [-0.1, -0.05) is 20.8 Å². The third kappa shape index (κ3) is 9.12. The molecule has 0 aliphatic carbocycles. The monoisotopic (exact) mass is 571 g/mol. The SMILES string of the molecule is CCNC(=NCC1CCN(S(=O)(=O)C(F)(F)F)CC1)NCCNC(=O)C(C)(C)C.I. The molecule has 0 aromatic carbocycles. The second-order valence-corrected chi connectivity index (χ2v) is 9.87. The van der Waals surface area contributed by atoms with Crippen LogP contribution in [0.15, 0.2) is 4.99 Å². The Morgan fingerprint density at radius 3 is 2.07 bits per heavy atom. The van der Waals surface area contributed by atoms with Crippen molar-refractivity contribution in [3.05, 3.63) is 0 Å². The number of aliphatic imine (C=N–C) groups is 1. The van der Waals surface area contributed by atoms with Crippen molar-refractivity contribution in [2.45, 2.75) is 46.0 Å². The van der Waals surface area contributed by atoms with Crippen LogP contribution in [0.5, 0.6) is 0 Å². The van der Waals surface area contributed by atoms with Crippen LogP contribution in [0.25, 0.3) is 0 Å². The largest absolute Gasteiger partial charge is 0.511 e.